The fourth-order valence-electron chi connectivity index (χ4n) is 8.22. The summed E-state index contributed by atoms with van der Waals surface area (Å²) in [6, 6.07) is 20.4. The number of allylic oxidation sites excluding steroid dienone is 1. The van der Waals surface area contributed by atoms with E-state index in [9.17, 15) is 9.59 Å². The topological polar surface area (TPSA) is 61.4 Å². The van der Waals surface area contributed by atoms with E-state index in [0.717, 1.165) is 55.5 Å². The maximum absolute atomic E-state index is 13.9. The Bertz CT molecular complexity index is 1140. The molecule has 6 rings (SSSR count). The molecule has 5 heteroatoms. The predicted octanol–water partition coefficient (Wildman–Crippen LogP) is 5.91. The fourth-order valence-corrected chi connectivity index (χ4v) is 8.22. The second kappa shape index (κ2) is 8.79. The molecule has 5 nitrogen and oxygen atoms in total. The highest BCUT2D eigenvalue weighted by atomic mass is 16.2. The van der Waals surface area contributed by atoms with E-state index < -0.39 is 0 Å². The molecule has 0 spiro atoms. The standard InChI is InChI=1S/C31H37N3O2/c1-30-19-17-25-23(13-16-27-31(25,2)20-18-28(35)32-27)24(30)14-15-26(30)29(36)33-34(21-9-5-3-6-10-21)22-11-7-4-8-12-22/h3-12,15,23-25,27H,13-14,16-20H2,1-2H3,(H,32,35)(H,33,36)/t23-,24-,25-,27?,30-,31+/m0/s1. The van der Waals surface area contributed by atoms with Crippen LogP contribution in [0.2, 0.25) is 0 Å². The van der Waals surface area contributed by atoms with Gasteiger partial charge in [-0.2, -0.15) is 0 Å². The average Bonchev–Trinajstić information content (AvgIpc) is 3.26. The van der Waals surface area contributed by atoms with Crippen molar-refractivity contribution in [3.63, 3.8) is 0 Å². The van der Waals surface area contributed by atoms with Crippen molar-refractivity contribution in [3.05, 3.63) is 72.3 Å². The highest BCUT2D eigenvalue weighted by Gasteiger charge is 2.59. The summed E-state index contributed by atoms with van der Waals surface area (Å²) >= 11 is 0. The Kier molecular flexibility index (Phi) is 5.70. The lowest BCUT2D eigenvalue weighted by atomic mass is 9.47. The number of benzene rings is 2. The molecule has 2 aromatic carbocycles. The van der Waals surface area contributed by atoms with Crippen molar-refractivity contribution >= 4 is 23.2 Å². The molecule has 2 aromatic rings. The summed E-state index contributed by atoms with van der Waals surface area (Å²) in [7, 11) is 0. The second-order valence-electron chi connectivity index (χ2n) is 11.8. The number of nitrogens with zero attached hydrogens (tertiary/aromatic N) is 1. The summed E-state index contributed by atoms with van der Waals surface area (Å²) in [5, 5.41) is 5.22. The number of anilines is 2. The van der Waals surface area contributed by atoms with Gasteiger partial charge in [-0.05, 0) is 86.0 Å². The minimum atomic E-state index is -0.106. The van der Waals surface area contributed by atoms with Gasteiger partial charge in [-0.3, -0.25) is 20.0 Å². The predicted molar refractivity (Wildman–Crippen MR) is 142 cm³/mol. The molecule has 1 unspecified atom stereocenters. The van der Waals surface area contributed by atoms with Gasteiger partial charge in [0.25, 0.3) is 5.91 Å². The van der Waals surface area contributed by atoms with Crippen LogP contribution in [0.3, 0.4) is 0 Å². The third kappa shape index (κ3) is 3.66. The SMILES string of the molecule is C[C@]12CCC(=O)NC1CC[C@@H]1[C@@H]2CC[C@]2(C)C(C(=O)NN(c3ccccc3)c3ccccc3)=CC[C@@H]12. The molecule has 2 N–H and O–H groups in total. The number of fused-ring (bicyclic) bond motifs is 5. The van der Waals surface area contributed by atoms with Crippen molar-refractivity contribution in [2.45, 2.75) is 64.8 Å². The van der Waals surface area contributed by atoms with Gasteiger partial charge in [-0.25, -0.2) is 0 Å². The monoisotopic (exact) mass is 483 g/mol. The number of hydrogen-bond donors (Lipinski definition) is 2. The lowest BCUT2D eigenvalue weighted by molar-refractivity contribution is -0.136. The summed E-state index contributed by atoms with van der Waals surface area (Å²) in [6.45, 7) is 4.75. The van der Waals surface area contributed by atoms with E-state index in [1.165, 1.54) is 0 Å². The van der Waals surface area contributed by atoms with Gasteiger partial charge >= 0.3 is 0 Å². The summed E-state index contributed by atoms with van der Waals surface area (Å²) in [5.41, 5.74) is 6.16. The van der Waals surface area contributed by atoms with E-state index >= 15 is 0 Å². The molecule has 1 saturated heterocycles. The van der Waals surface area contributed by atoms with Crippen LogP contribution in [0.15, 0.2) is 72.3 Å². The molecule has 3 fully saturated rings. The molecule has 0 bridgehead atoms. The first kappa shape index (κ1) is 23.3. The minimum Gasteiger partial charge on any atom is -0.353 e. The Morgan fingerprint density at radius 3 is 2.25 bits per heavy atom. The molecule has 1 heterocycles. The van der Waals surface area contributed by atoms with Gasteiger partial charge in [0.1, 0.15) is 0 Å². The first-order valence-corrected chi connectivity index (χ1v) is 13.6. The van der Waals surface area contributed by atoms with Gasteiger partial charge in [-0.15, -0.1) is 0 Å². The maximum atomic E-state index is 13.9. The summed E-state index contributed by atoms with van der Waals surface area (Å²) in [6.07, 6.45) is 9.23. The van der Waals surface area contributed by atoms with Gasteiger partial charge in [0, 0.05) is 23.5 Å². The van der Waals surface area contributed by atoms with Crippen molar-refractivity contribution in [1.29, 1.82) is 0 Å². The van der Waals surface area contributed by atoms with Crippen molar-refractivity contribution in [2.24, 2.45) is 28.6 Å². The number of carbonyl (C=O) groups excluding carboxylic acids is 2. The number of piperidine rings is 1. The van der Waals surface area contributed by atoms with Crippen molar-refractivity contribution < 1.29 is 9.59 Å². The molecule has 4 aliphatic rings. The zero-order valence-corrected chi connectivity index (χ0v) is 21.4. The highest BCUT2D eigenvalue weighted by molar-refractivity contribution is 5.97. The zero-order valence-electron chi connectivity index (χ0n) is 21.4. The van der Waals surface area contributed by atoms with E-state index in [1.807, 2.05) is 65.7 Å². The van der Waals surface area contributed by atoms with Crippen LogP contribution in [-0.2, 0) is 9.59 Å². The van der Waals surface area contributed by atoms with Crippen molar-refractivity contribution in [3.8, 4) is 0 Å². The zero-order chi connectivity index (χ0) is 24.9. The molecule has 2 saturated carbocycles. The van der Waals surface area contributed by atoms with E-state index in [-0.39, 0.29) is 22.6 Å². The van der Waals surface area contributed by atoms with Crippen LogP contribution in [0.25, 0.3) is 0 Å². The number of rotatable bonds is 4. The van der Waals surface area contributed by atoms with Crippen LogP contribution in [0.4, 0.5) is 11.4 Å². The molecule has 36 heavy (non-hydrogen) atoms. The Hall–Kier alpha value is -3.08. The normalized spacial score (nSPS) is 34.9. The third-order valence-corrected chi connectivity index (χ3v) is 10.2. The highest BCUT2D eigenvalue weighted by Crippen LogP contribution is 2.64. The number of carbonyl (C=O) groups is 2. The third-order valence-electron chi connectivity index (χ3n) is 10.2. The van der Waals surface area contributed by atoms with Gasteiger partial charge in [-0.1, -0.05) is 56.3 Å². The quantitative estimate of drug-likeness (QED) is 0.531. The molecule has 0 radical (unpaired) electrons. The van der Waals surface area contributed by atoms with Gasteiger partial charge in [0.2, 0.25) is 5.91 Å². The van der Waals surface area contributed by atoms with Crippen LogP contribution in [-0.4, -0.2) is 17.9 Å². The van der Waals surface area contributed by atoms with E-state index in [1.54, 1.807) is 0 Å². The number of hydrogen-bond acceptors (Lipinski definition) is 3. The van der Waals surface area contributed by atoms with Crippen LogP contribution in [0, 0.1) is 28.6 Å². The van der Waals surface area contributed by atoms with Gasteiger partial charge < -0.3 is 5.32 Å². The Morgan fingerprint density at radius 1 is 0.917 bits per heavy atom. The Balaban J connectivity index is 1.24. The first-order valence-electron chi connectivity index (χ1n) is 13.6. The minimum absolute atomic E-state index is 0.0102. The Morgan fingerprint density at radius 2 is 1.58 bits per heavy atom. The number of nitrogens with one attached hydrogen (secondary N) is 2. The molecule has 2 amide bonds. The van der Waals surface area contributed by atoms with Crippen LogP contribution < -0.4 is 15.8 Å². The molecular weight excluding hydrogens is 446 g/mol. The van der Waals surface area contributed by atoms with Crippen LogP contribution >= 0.6 is 0 Å². The van der Waals surface area contributed by atoms with Crippen LogP contribution in [0.5, 0.6) is 0 Å². The molecule has 6 atom stereocenters. The van der Waals surface area contributed by atoms with E-state index in [0.29, 0.717) is 30.2 Å². The number of para-hydroxylation sites is 2. The molecule has 0 aromatic heterocycles. The lowest BCUT2D eigenvalue weighted by Crippen LogP contribution is -2.61. The molecule has 1 aliphatic heterocycles. The average molecular weight is 484 g/mol. The first-order chi connectivity index (χ1) is 17.4. The van der Waals surface area contributed by atoms with Gasteiger partial charge in [0.15, 0.2) is 0 Å². The number of amides is 2. The number of hydrazine groups is 1. The fraction of sp³-hybridized carbons (Fsp3) is 0.484. The van der Waals surface area contributed by atoms with Gasteiger partial charge in [0.05, 0.1) is 11.4 Å². The lowest BCUT2D eigenvalue weighted by Gasteiger charge is -2.59. The summed E-state index contributed by atoms with van der Waals surface area (Å²) < 4.78 is 0. The molecular formula is C31H37N3O2. The van der Waals surface area contributed by atoms with E-state index in [2.05, 4.69) is 30.7 Å². The maximum Gasteiger partial charge on any atom is 0.266 e. The van der Waals surface area contributed by atoms with Crippen molar-refractivity contribution in [2.75, 3.05) is 5.01 Å². The Labute approximate surface area is 214 Å². The van der Waals surface area contributed by atoms with Crippen LogP contribution in [0.1, 0.15) is 58.8 Å². The summed E-state index contributed by atoms with van der Waals surface area (Å²) in [5.74, 6) is 1.96. The van der Waals surface area contributed by atoms with E-state index in [4.69, 9.17) is 0 Å². The smallest absolute Gasteiger partial charge is 0.266 e. The van der Waals surface area contributed by atoms with Crippen molar-refractivity contribution in [1.82, 2.24) is 10.7 Å². The second-order valence-corrected chi connectivity index (χ2v) is 11.8. The molecule has 188 valence electrons. The summed E-state index contributed by atoms with van der Waals surface area (Å²) in [4.78, 5) is 26.0. The largest absolute Gasteiger partial charge is 0.353 e. The molecule has 3 aliphatic carbocycles.